The number of sulfone groups is 1. The SMILES string of the molecule is Cn1c(=S)n(CN(Cc2ccccc2)C2CCS(=O)(=O)C2)c2ccccc21. The van der Waals surface area contributed by atoms with Crippen LogP contribution in [0.5, 0.6) is 0 Å². The zero-order chi connectivity index (χ0) is 19.0. The van der Waals surface area contributed by atoms with E-state index in [0.29, 0.717) is 19.6 Å². The van der Waals surface area contributed by atoms with Crippen LogP contribution in [-0.2, 0) is 30.1 Å². The van der Waals surface area contributed by atoms with E-state index in [4.69, 9.17) is 12.2 Å². The molecule has 1 aliphatic rings. The molecule has 1 saturated heterocycles. The minimum atomic E-state index is -2.95. The third-order valence-corrected chi connectivity index (χ3v) is 7.57. The molecule has 142 valence electrons. The van der Waals surface area contributed by atoms with Gasteiger partial charge in [-0.15, -0.1) is 0 Å². The lowest BCUT2D eigenvalue weighted by Gasteiger charge is -2.28. The third kappa shape index (κ3) is 3.72. The molecule has 1 fully saturated rings. The Morgan fingerprint density at radius 2 is 1.74 bits per heavy atom. The third-order valence-electron chi connectivity index (χ3n) is 5.33. The molecule has 4 rings (SSSR count). The first kappa shape index (κ1) is 18.4. The van der Waals surface area contributed by atoms with Crippen LogP contribution in [0.15, 0.2) is 54.6 Å². The number of benzene rings is 2. The maximum absolute atomic E-state index is 12.1. The molecule has 0 radical (unpaired) electrons. The quantitative estimate of drug-likeness (QED) is 0.615. The van der Waals surface area contributed by atoms with Crippen molar-refractivity contribution in [1.29, 1.82) is 0 Å². The first-order valence-electron chi connectivity index (χ1n) is 9.07. The van der Waals surface area contributed by atoms with Gasteiger partial charge in [-0.05, 0) is 36.3 Å². The summed E-state index contributed by atoms with van der Waals surface area (Å²) >= 11 is 5.68. The van der Waals surface area contributed by atoms with Gasteiger partial charge in [-0.3, -0.25) is 4.90 Å². The second kappa shape index (κ2) is 7.22. The average Bonchev–Trinajstić information content (AvgIpc) is 3.14. The molecule has 0 saturated carbocycles. The Hall–Kier alpha value is -1.96. The minimum Gasteiger partial charge on any atom is -0.320 e. The number of hydrogen-bond acceptors (Lipinski definition) is 4. The monoisotopic (exact) mass is 401 g/mol. The molecular weight excluding hydrogens is 378 g/mol. The van der Waals surface area contributed by atoms with Crippen molar-refractivity contribution in [3.8, 4) is 0 Å². The van der Waals surface area contributed by atoms with Gasteiger partial charge in [0.2, 0.25) is 0 Å². The van der Waals surface area contributed by atoms with Crippen molar-refractivity contribution in [1.82, 2.24) is 14.0 Å². The molecule has 1 atom stereocenters. The maximum Gasteiger partial charge on any atom is 0.181 e. The first-order valence-corrected chi connectivity index (χ1v) is 11.3. The molecule has 0 N–H and O–H groups in total. The largest absolute Gasteiger partial charge is 0.320 e. The highest BCUT2D eigenvalue weighted by Gasteiger charge is 2.32. The Balaban J connectivity index is 1.71. The van der Waals surface area contributed by atoms with Crippen LogP contribution in [0.3, 0.4) is 0 Å². The van der Waals surface area contributed by atoms with Crippen LogP contribution in [0.1, 0.15) is 12.0 Å². The predicted octanol–water partition coefficient (Wildman–Crippen LogP) is 3.36. The van der Waals surface area contributed by atoms with Crippen molar-refractivity contribution >= 4 is 33.1 Å². The number of para-hydroxylation sites is 2. The van der Waals surface area contributed by atoms with E-state index in [9.17, 15) is 8.42 Å². The van der Waals surface area contributed by atoms with Crippen molar-refractivity contribution in [3.63, 3.8) is 0 Å². The average molecular weight is 402 g/mol. The van der Waals surface area contributed by atoms with Gasteiger partial charge in [-0.25, -0.2) is 8.42 Å². The van der Waals surface area contributed by atoms with E-state index in [1.54, 1.807) is 0 Å². The lowest BCUT2D eigenvalue weighted by Crippen LogP contribution is -2.37. The highest BCUT2D eigenvalue weighted by molar-refractivity contribution is 7.91. The second-order valence-electron chi connectivity index (χ2n) is 7.19. The lowest BCUT2D eigenvalue weighted by molar-refractivity contribution is 0.157. The van der Waals surface area contributed by atoms with Gasteiger partial charge >= 0.3 is 0 Å². The van der Waals surface area contributed by atoms with Crippen molar-refractivity contribution in [3.05, 3.63) is 64.9 Å². The number of nitrogens with zero attached hydrogens (tertiary/aromatic N) is 3. The van der Waals surface area contributed by atoms with E-state index in [2.05, 4.69) is 33.7 Å². The summed E-state index contributed by atoms with van der Waals surface area (Å²) in [5.41, 5.74) is 3.33. The Labute approximate surface area is 164 Å². The fourth-order valence-corrected chi connectivity index (χ4v) is 5.87. The van der Waals surface area contributed by atoms with Gasteiger partial charge < -0.3 is 9.13 Å². The highest BCUT2D eigenvalue weighted by atomic mass is 32.2. The summed E-state index contributed by atoms with van der Waals surface area (Å²) < 4.78 is 29.0. The Bertz CT molecular complexity index is 1120. The summed E-state index contributed by atoms with van der Waals surface area (Å²) in [6.45, 7) is 1.28. The van der Waals surface area contributed by atoms with Gasteiger partial charge in [0, 0.05) is 19.6 Å². The zero-order valence-electron chi connectivity index (χ0n) is 15.3. The van der Waals surface area contributed by atoms with E-state index in [-0.39, 0.29) is 17.5 Å². The van der Waals surface area contributed by atoms with Gasteiger partial charge in [0.25, 0.3) is 0 Å². The Morgan fingerprint density at radius 1 is 1.07 bits per heavy atom. The molecule has 0 aliphatic carbocycles. The number of aryl methyl sites for hydroxylation is 1. The van der Waals surface area contributed by atoms with Gasteiger partial charge in [0.05, 0.1) is 29.2 Å². The van der Waals surface area contributed by atoms with E-state index in [1.165, 1.54) is 5.56 Å². The van der Waals surface area contributed by atoms with Gasteiger partial charge in [0.1, 0.15) is 0 Å². The van der Waals surface area contributed by atoms with Crippen LogP contribution < -0.4 is 0 Å². The van der Waals surface area contributed by atoms with Crippen LogP contribution >= 0.6 is 12.2 Å². The first-order chi connectivity index (χ1) is 12.9. The van der Waals surface area contributed by atoms with E-state index in [1.807, 2.05) is 41.9 Å². The minimum absolute atomic E-state index is 0.0103. The highest BCUT2D eigenvalue weighted by Crippen LogP contribution is 2.23. The molecule has 7 heteroatoms. The lowest BCUT2D eigenvalue weighted by atomic mass is 10.1. The van der Waals surface area contributed by atoms with Crippen LogP contribution in [-0.4, -0.2) is 40.0 Å². The predicted molar refractivity (Wildman–Crippen MR) is 111 cm³/mol. The topological polar surface area (TPSA) is 47.2 Å². The fraction of sp³-hybridized carbons (Fsp3) is 0.350. The van der Waals surface area contributed by atoms with Crippen molar-refractivity contribution in [2.45, 2.75) is 25.7 Å². The Morgan fingerprint density at radius 3 is 2.41 bits per heavy atom. The molecule has 1 aliphatic heterocycles. The zero-order valence-corrected chi connectivity index (χ0v) is 16.9. The van der Waals surface area contributed by atoms with E-state index < -0.39 is 9.84 Å². The smallest absolute Gasteiger partial charge is 0.181 e. The maximum atomic E-state index is 12.1. The summed E-state index contributed by atoms with van der Waals surface area (Å²) in [6, 6.07) is 18.3. The molecule has 3 aromatic rings. The molecule has 1 aromatic heterocycles. The molecule has 27 heavy (non-hydrogen) atoms. The van der Waals surface area contributed by atoms with Crippen LogP contribution in [0, 0.1) is 4.77 Å². The van der Waals surface area contributed by atoms with E-state index >= 15 is 0 Å². The summed E-state index contributed by atoms with van der Waals surface area (Å²) in [7, 11) is -0.980. The second-order valence-corrected chi connectivity index (χ2v) is 9.78. The van der Waals surface area contributed by atoms with Crippen molar-refractivity contribution < 1.29 is 8.42 Å². The summed E-state index contributed by atoms with van der Waals surface area (Å²) in [5, 5.41) is 0. The number of imidazole rings is 1. The fourth-order valence-electron chi connectivity index (χ4n) is 3.86. The van der Waals surface area contributed by atoms with Crippen LogP contribution in [0.25, 0.3) is 11.0 Å². The number of hydrogen-bond donors (Lipinski definition) is 0. The summed E-state index contributed by atoms with van der Waals surface area (Å²) in [5.74, 6) is 0.488. The van der Waals surface area contributed by atoms with Crippen LogP contribution in [0.2, 0.25) is 0 Å². The van der Waals surface area contributed by atoms with Crippen LogP contribution in [0.4, 0.5) is 0 Å². The molecular formula is C20H23N3O2S2. The molecule has 2 aromatic carbocycles. The Kier molecular flexibility index (Phi) is 4.92. The number of rotatable bonds is 5. The van der Waals surface area contributed by atoms with Crippen molar-refractivity contribution in [2.75, 3.05) is 11.5 Å². The molecule has 2 heterocycles. The molecule has 0 spiro atoms. The van der Waals surface area contributed by atoms with E-state index in [0.717, 1.165) is 15.8 Å². The molecule has 0 amide bonds. The van der Waals surface area contributed by atoms with Gasteiger partial charge in [0.15, 0.2) is 14.6 Å². The number of aromatic nitrogens is 2. The van der Waals surface area contributed by atoms with Gasteiger partial charge in [-0.1, -0.05) is 42.5 Å². The molecule has 1 unspecified atom stereocenters. The molecule has 5 nitrogen and oxygen atoms in total. The molecule has 0 bridgehead atoms. The summed E-state index contributed by atoms with van der Waals surface area (Å²) in [4.78, 5) is 2.25. The normalized spacial score (nSPS) is 19.1. The van der Waals surface area contributed by atoms with Crippen molar-refractivity contribution in [2.24, 2.45) is 7.05 Å². The summed E-state index contributed by atoms with van der Waals surface area (Å²) in [6.07, 6.45) is 0.674. The van der Waals surface area contributed by atoms with Gasteiger partial charge in [-0.2, -0.15) is 0 Å². The standard InChI is InChI=1S/C20H23N3O2S2/c1-21-18-9-5-6-10-19(18)23(20(21)26)15-22(13-16-7-3-2-4-8-16)17-11-12-27(24,25)14-17/h2-10,17H,11-15H2,1H3. The number of fused-ring (bicyclic) bond motifs is 1.